The van der Waals surface area contributed by atoms with Crippen molar-refractivity contribution in [2.75, 3.05) is 20.3 Å². The number of benzene rings is 1. The molecule has 1 aromatic rings. The maximum absolute atomic E-state index is 5.67. The van der Waals surface area contributed by atoms with Crippen LogP contribution < -0.4 is 14.8 Å². The van der Waals surface area contributed by atoms with Crippen molar-refractivity contribution in [2.24, 2.45) is 0 Å². The van der Waals surface area contributed by atoms with Gasteiger partial charge >= 0.3 is 0 Å². The number of rotatable bonds is 8. The molecule has 18 heavy (non-hydrogen) atoms. The Balaban J connectivity index is 2.70. The summed E-state index contributed by atoms with van der Waals surface area (Å²) in [7, 11) is 1.66. The van der Waals surface area contributed by atoms with E-state index in [1.807, 2.05) is 18.2 Å². The van der Waals surface area contributed by atoms with Gasteiger partial charge in [0.05, 0.1) is 13.7 Å². The van der Waals surface area contributed by atoms with Gasteiger partial charge in [-0.05, 0) is 31.2 Å². The van der Waals surface area contributed by atoms with E-state index < -0.39 is 0 Å². The highest BCUT2D eigenvalue weighted by molar-refractivity contribution is 5.40. The van der Waals surface area contributed by atoms with Gasteiger partial charge in [0.2, 0.25) is 0 Å². The van der Waals surface area contributed by atoms with Gasteiger partial charge in [-0.15, -0.1) is 12.3 Å². The smallest absolute Gasteiger partial charge is 0.124 e. The number of ether oxygens (including phenoxy) is 2. The number of hydrogen-bond acceptors (Lipinski definition) is 3. The molecule has 0 amide bonds. The monoisotopic (exact) mass is 247 g/mol. The summed E-state index contributed by atoms with van der Waals surface area (Å²) in [5.41, 5.74) is 1.10. The Kier molecular flexibility index (Phi) is 6.75. The van der Waals surface area contributed by atoms with Crippen LogP contribution in [-0.2, 0) is 6.54 Å². The summed E-state index contributed by atoms with van der Waals surface area (Å²) < 4.78 is 10.9. The molecule has 0 aliphatic heterocycles. The fourth-order valence-electron chi connectivity index (χ4n) is 1.58. The molecular formula is C15H21NO2. The molecule has 0 spiro atoms. The molecule has 0 unspecified atom stereocenters. The van der Waals surface area contributed by atoms with E-state index in [0.717, 1.165) is 36.6 Å². The summed E-state index contributed by atoms with van der Waals surface area (Å²) in [4.78, 5) is 0. The molecule has 0 heterocycles. The molecule has 1 N–H and O–H groups in total. The largest absolute Gasteiger partial charge is 0.497 e. The average Bonchev–Trinajstić information content (AvgIpc) is 2.40. The van der Waals surface area contributed by atoms with Crippen LogP contribution in [0.3, 0.4) is 0 Å². The highest BCUT2D eigenvalue weighted by Crippen LogP contribution is 2.24. The molecule has 0 aromatic heterocycles. The Hall–Kier alpha value is -1.66. The zero-order valence-corrected chi connectivity index (χ0v) is 11.2. The molecule has 0 bridgehead atoms. The molecular weight excluding hydrogens is 226 g/mol. The maximum atomic E-state index is 5.67. The highest BCUT2D eigenvalue weighted by atomic mass is 16.5. The minimum absolute atomic E-state index is 0.545. The molecule has 1 aromatic carbocycles. The molecule has 0 aliphatic carbocycles. The number of hydrogen-bond donors (Lipinski definition) is 1. The first-order chi connectivity index (χ1) is 8.81. The van der Waals surface area contributed by atoms with E-state index in [-0.39, 0.29) is 0 Å². The molecule has 0 atom stereocenters. The van der Waals surface area contributed by atoms with Crippen LogP contribution in [0.25, 0.3) is 0 Å². The first-order valence-electron chi connectivity index (χ1n) is 6.25. The first-order valence-corrected chi connectivity index (χ1v) is 6.25. The van der Waals surface area contributed by atoms with Crippen LogP contribution in [0.15, 0.2) is 18.2 Å². The number of methoxy groups -OCH3 is 1. The Labute approximate surface area is 109 Å². The van der Waals surface area contributed by atoms with Crippen molar-refractivity contribution in [3.8, 4) is 23.8 Å². The molecule has 3 heteroatoms. The predicted octanol–water partition coefficient (Wildman–Crippen LogP) is 2.60. The van der Waals surface area contributed by atoms with Gasteiger partial charge in [0.1, 0.15) is 11.5 Å². The minimum atomic E-state index is 0.545. The van der Waals surface area contributed by atoms with Crippen molar-refractivity contribution in [3.63, 3.8) is 0 Å². The van der Waals surface area contributed by atoms with Crippen molar-refractivity contribution in [1.82, 2.24) is 5.32 Å². The quantitative estimate of drug-likeness (QED) is 0.566. The van der Waals surface area contributed by atoms with Crippen LogP contribution in [0.5, 0.6) is 11.5 Å². The van der Waals surface area contributed by atoms with Crippen LogP contribution in [-0.4, -0.2) is 20.3 Å². The van der Waals surface area contributed by atoms with Crippen LogP contribution in [0.2, 0.25) is 0 Å². The molecule has 3 nitrogen and oxygen atoms in total. The van der Waals surface area contributed by atoms with Gasteiger partial charge < -0.3 is 14.8 Å². The van der Waals surface area contributed by atoms with E-state index in [4.69, 9.17) is 15.9 Å². The van der Waals surface area contributed by atoms with E-state index in [9.17, 15) is 0 Å². The van der Waals surface area contributed by atoms with Crippen LogP contribution >= 0.6 is 0 Å². The van der Waals surface area contributed by atoms with Gasteiger partial charge in [-0.25, -0.2) is 0 Å². The fraction of sp³-hybridized carbons (Fsp3) is 0.467. The Morgan fingerprint density at radius 2 is 2.22 bits per heavy atom. The second-order valence-corrected chi connectivity index (χ2v) is 3.95. The highest BCUT2D eigenvalue weighted by Gasteiger charge is 2.05. The fourth-order valence-corrected chi connectivity index (χ4v) is 1.58. The van der Waals surface area contributed by atoms with Crippen molar-refractivity contribution >= 4 is 0 Å². The third-order valence-electron chi connectivity index (χ3n) is 2.51. The van der Waals surface area contributed by atoms with Gasteiger partial charge in [0.15, 0.2) is 0 Å². The van der Waals surface area contributed by atoms with Gasteiger partial charge in [0.25, 0.3) is 0 Å². The SMILES string of the molecule is C#CCCOc1ccc(OC)cc1CNCCC. The first kappa shape index (κ1) is 14.4. The lowest BCUT2D eigenvalue weighted by Gasteiger charge is -2.12. The summed E-state index contributed by atoms with van der Waals surface area (Å²) in [6.07, 6.45) is 6.94. The lowest BCUT2D eigenvalue weighted by molar-refractivity contribution is 0.321. The average molecular weight is 247 g/mol. The third kappa shape index (κ3) is 4.68. The van der Waals surface area contributed by atoms with E-state index >= 15 is 0 Å². The predicted molar refractivity (Wildman–Crippen MR) is 73.9 cm³/mol. The van der Waals surface area contributed by atoms with Crippen LogP contribution in [0.1, 0.15) is 25.3 Å². The van der Waals surface area contributed by atoms with E-state index in [2.05, 4.69) is 18.2 Å². The van der Waals surface area contributed by atoms with Gasteiger partial charge in [-0.1, -0.05) is 6.92 Å². The Morgan fingerprint density at radius 3 is 2.89 bits per heavy atom. The summed E-state index contributed by atoms with van der Waals surface area (Å²) >= 11 is 0. The Morgan fingerprint density at radius 1 is 1.39 bits per heavy atom. The number of nitrogens with one attached hydrogen (secondary N) is 1. The van der Waals surface area contributed by atoms with Gasteiger partial charge in [0, 0.05) is 18.5 Å². The molecule has 0 aliphatic rings. The van der Waals surface area contributed by atoms with Gasteiger partial charge in [-0.3, -0.25) is 0 Å². The lowest BCUT2D eigenvalue weighted by Crippen LogP contribution is -2.15. The maximum Gasteiger partial charge on any atom is 0.124 e. The van der Waals surface area contributed by atoms with Crippen LogP contribution in [0, 0.1) is 12.3 Å². The van der Waals surface area contributed by atoms with E-state index in [0.29, 0.717) is 13.0 Å². The molecule has 0 fully saturated rings. The summed E-state index contributed by atoms with van der Waals surface area (Å²) in [5.74, 6) is 4.28. The third-order valence-corrected chi connectivity index (χ3v) is 2.51. The molecule has 0 saturated carbocycles. The molecule has 98 valence electrons. The Bertz CT molecular complexity index is 396. The second kappa shape index (κ2) is 8.43. The molecule has 1 rings (SSSR count). The molecule has 0 radical (unpaired) electrons. The zero-order valence-electron chi connectivity index (χ0n) is 11.2. The summed E-state index contributed by atoms with van der Waals surface area (Å²) in [5, 5.41) is 3.36. The van der Waals surface area contributed by atoms with Gasteiger partial charge in [-0.2, -0.15) is 0 Å². The van der Waals surface area contributed by atoms with Crippen molar-refractivity contribution in [2.45, 2.75) is 26.3 Å². The minimum Gasteiger partial charge on any atom is -0.497 e. The standard InChI is InChI=1S/C15H21NO2/c1-4-6-10-18-15-8-7-14(17-3)11-13(15)12-16-9-5-2/h1,7-8,11,16H,5-6,9-10,12H2,2-3H3. The molecule has 0 saturated heterocycles. The topological polar surface area (TPSA) is 30.5 Å². The number of terminal acetylenes is 1. The normalized spacial score (nSPS) is 9.83. The van der Waals surface area contributed by atoms with E-state index in [1.165, 1.54) is 0 Å². The van der Waals surface area contributed by atoms with Crippen molar-refractivity contribution in [3.05, 3.63) is 23.8 Å². The van der Waals surface area contributed by atoms with Crippen LogP contribution in [0.4, 0.5) is 0 Å². The second-order valence-electron chi connectivity index (χ2n) is 3.95. The van der Waals surface area contributed by atoms with E-state index in [1.54, 1.807) is 7.11 Å². The van der Waals surface area contributed by atoms with Crippen molar-refractivity contribution < 1.29 is 9.47 Å². The summed E-state index contributed by atoms with van der Waals surface area (Å²) in [6, 6.07) is 5.82. The zero-order chi connectivity index (χ0) is 13.2. The lowest BCUT2D eigenvalue weighted by atomic mass is 10.2. The van der Waals surface area contributed by atoms with Crippen molar-refractivity contribution in [1.29, 1.82) is 0 Å². The summed E-state index contributed by atoms with van der Waals surface area (Å²) in [6.45, 7) is 4.45.